The number of amides is 2. The predicted octanol–water partition coefficient (Wildman–Crippen LogP) is 5.40. The van der Waals surface area contributed by atoms with Crippen molar-refractivity contribution in [2.75, 3.05) is 19.6 Å². The van der Waals surface area contributed by atoms with Gasteiger partial charge in [0.25, 0.3) is 0 Å². The molecule has 1 atom stereocenters. The molecule has 0 unspecified atom stereocenters. The Morgan fingerprint density at radius 2 is 1.73 bits per heavy atom. The molecule has 0 bridgehead atoms. The van der Waals surface area contributed by atoms with Crippen LogP contribution in [-0.2, 0) is 22.7 Å². The summed E-state index contributed by atoms with van der Waals surface area (Å²) in [5, 5.41) is 12.6. The van der Waals surface area contributed by atoms with E-state index >= 15 is 0 Å². The number of piperazine rings is 1. The van der Waals surface area contributed by atoms with Gasteiger partial charge in [0.2, 0.25) is 11.8 Å². The molecule has 2 heterocycles. The fraction of sp³-hybridized carbons (Fsp3) is 0.576. The summed E-state index contributed by atoms with van der Waals surface area (Å²) in [6.07, 6.45) is 10.2. The minimum atomic E-state index is -0.716. The Balaban J connectivity index is 1.19. The van der Waals surface area contributed by atoms with Crippen LogP contribution in [0.5, 0.6) is 11.5 Å². The lowest BCUT2D eigenvalue weighted by Crippen LogP contribution is -2.73. The molecule has 5 rings (SSSR count). The van der Waals surface area contributed by atoms with Gasteiger partial charge in [0.1, 0.15) is 23.1 Å². The Kier molecular flexibility index (Phi) is 9.43. The van der Waals surface area contributed by atoms with Gasteiger partial charge in [-0.05, 0) is 67.0 Å². The number of likely N-dealkylation sites (tertiary alicyclic amines) is 1. The van der Waals surface area contributed by atoms with Crippen molar-refractivity contribution in [2.45, 2.75) is 95.9 Å². The second-order valence-electron chi connectivity index (χ2n) is 12.0. The fourth-order valence-corrected chi connectivity index (χ4v) is 6.77. The molecule has 2 aromatic rings. The minimum Gasteiger partial charge on any atom is -0.457 e. The number of unbranched alkanes of at least 4 members (excludes halogenated alkanes) is 1. The maximum atomic E-state index is 13.8. The molecule has 3 aliphatic rings. The number of aliphatic hydroxyl groups is 1. The smallest absolute Gasteiger partial charge is 0.246 e. The van der Waals surface area contributed by atoms with E-state index in [-0.39, 0.29) is 24.5 Å². The normalized spacial score (nSPS) is 21.9. The molecule has 7 nitrogen and oxygen atoms in total. The van der Waals surface area contributed by atoms with Gasteiger partial charge in [0.15, 0.2) is 0 Å². The Hall–Kier alpha value is -2.90. The maximum Gasteiger partial charge on any atom is 0.246 e. The van der Waals surface area contributed by atoms with E-state index in [1.54, 1.807) is 0 Å². The summed E-state index contributed by atoms with van der Waals surface area (Å²) in [7, 11) is 0. The molecule has 0 radical (unpaired) electrons. The van der Waals surface area contributed by atoms with E-state index in [2.05, 4.69) is 29.3 Å². The molecule has 7 heteroatoms. The Morgan fingerprint density at radius 1 is 0.975 bits per heavy atom. The quantitative estimate of drug-likeness (QED) is 0.416. The topological polar surface area (TPSA) is 82.1 Å². The van der Waals surface area contributed by atoms with Gasteiger partial charge < -0.3 is 20.1 Å². The molecule has 3 fully saturated rings. The van der Waals surface area contributed by atoms with Gasteiger partial charge in [-0.1, -0.05) is 69.7 Å². The largest absolute Gasteiger partial charge is 0.457 e. The SMILES string of the molecule is CCCCN1C(=O)[C@H](CC2CCCCC2)NC(=O)C12CCN(Cc1ccc(Oc3cccc(CO)c3)cc1)CC2. The van der Waals surface area contributed by atoms with Crippen LogP contribution in [-0.4, -0.2) is 57.9 Å². The van der Waals surface area contributed by atoms with Crippen LogP contribution in [0.4, 0.5) is 0 Å². The highest BCUT2D eigenvalue weighted by Gasteiger charge is 2.53. The van der Waals surface area contributed by atoms with Gasteiger partial charge in [-0.2, -0.15) is 0 Å². The van der Waals surface area contributed by atoms with Crippen molar-refractivity contribution in [3.8, 4) is 11.5 Å². The predicted molar refractivity (Wildman–Crippen MR) is 156 cm³/mol. The number of piperidine rings is 1. The van der Waals surface area contributed by atoms with E-state index in [1.165, 1.54) is 37.7 Å². The lowest BCUT2D eigenvalue weighted by atomic mass is 9.79. The summed E-state index contributed by atoms with van der Waals surface area (Å²) in [5.74, 6) is 2.22. The number of carbonyl (C=O) groups excluding carboxylic acids is 2. The molecule has 40 heavy (non-hydrogen) atoms. The molecule has 2 N–H and O–H groups in total. The highest BCUT2D eigenvalue weighted by molar-refractivity contribution is 6.00. The van der Waals surface area contributed by atoms with Gasteiger partial charge in [0.05, 0.1) is 6.61 Å². The van der Waals surface area contributed by atoms with Crippen LogP contribution in [0.1, 0.15) is 82.3 Å². The molecular formula is C33H45N3O4. The van der Waals surface area contributed by atoms with Gasteiger partial charge >= 0.3 is 0 Å². The van der Waals surface area contributed by atoms with Gasteiger partial charge in [-0.3, -0.25) is 14.5 Å². The number of hydrogen-bond acceptors (Lipinski definition) is 5. The van der Waals surface area contributed by atoms with Crippen molar-refractivity contribution >= 4 is 11.8 Å². The highest BCUT2D eigenvalue weighted by atomic mass is 16.5. The van der Waals surface area contributed by atoms with E-state index in [1.807, 2.05) is 41.3 Å². The second-order valence-corrected chi connectivity index (χ2v) is 12.0. The van der Waals surface area contributed by atoms with Crippen molar-refractivity contribution in [1.82, 2.24) is 15.1 Å². The highest BCUT2D eigenvalue weighted by Crippen LogP contribution is 2.36. The Morgan fingerprint density at radius 3 is 2.42 bits per heavy atom. The second kappa shape index (κ2) is 13.2. The van der Waals surface area contributed by atoms with E-state index in [0.717, 1.165) is 50.2 Å². The van der Waals surface area contributed by atoms with E-state index in [0.29, 0.717) is 31.1 Å². The lowest BCUT2D eigenvalue weighted by molar-refractivity contribution is -0.162. The summed E-state index contributed by atoms with van der Waals surface area (Å²) in [6.45, 7) is 5.16. The van der Waals surface area contributed by atoms with E-state index in [9.17, 15) is 14.7 Å². The van der Waals surface area contributed by atoms with E-state index in [4.69, 9.17) is 4.74 Å². The third-order valence-corrected chi connectivity index (χ3v) is 9.17. The zero-order valence-corrected chi connectivity index (χ0v) is 23.9. The maximum absolute atomic E-state index is 13.8. The van der Waals surface area contributed by atoms with Crippen molar-refractivity contribution in [3.63, 3.8) is 0 Å². The number of benzene rings is 2. The zero-order chi connectivity index (χ0) is 28.0. The van der Waals surface area contributed by atoms with Crippen LogP contribution < -0.4 is 10.1 Å². The molecule has 2 saturated heterocycles. The Bertz CT molecular complexity index is 1140. The average Bonchev–Trinajstić information content (AvgIpc) is 2.98. The molecule has 2 amide bonds. The number of nitrogens with one attached hydrogen (secondary N) is 1. The molecule has 2 aromatic carbocycles. The van der Waals surface area contributed by atoms with Crippen LogP contribution in [0.3, 0.4) is 0 Å². The summed E-state index contributed by atoms with van der Waals surface area (Å²) < 4.78 is 5.96. The number of aliphatic hydroxyl groups excluding tert-OH is 1. The molecule has 1 spiro atoms. The first-order valence-corrected chi connectivity index (χ1v) is 15.3. The van der Waals surface area contributed by atoms with Crippen LogP contribution >= 0.6 is 0 Å². The van der Waals surface area contributed by atoms with Gasteiger partial charge in [0, 0.05) is 26.2 Å². The number of carbonyl (C=O) groups is 2. The molecule has 0 aromatic heterocycles. The molecule has 1 saturated carbocycles. The summed E-state index contributed by atoms with van der Waals surface area (Å²) >= 11 is 0. The number of rotatable bonds is 10. The number of hydrogen-bond donors (Lipinski definition) is 2. The first-order chi connectivity index (χ1) is 19.5. The van der Waals surface area contributed by atoms with Gasteiger partial charge in [-0.25, -0.2) is 0 Å². The minimum absolute atomic E-state index is 0.0134. The van der Waals surface area contributed by atoms with Crippen LogP contribution in [0.15, 0.2) is 48.5 Å². The monoisotopic (exact) mass is 547 g/mol. The third-order valence-electron chi connectivity index (χ3n) is 9.17. The van der Waals surface area contributed by atoms with Crippen molar-refractivity contribution in [3.05, 3.63) is 59.7 Å². The van der Waals surface area contributed by atoms with Crippen molar-refractivity contribution in [2.24, 2.45) is 5.92 Å². The standard InChI is InChI=1S/C33H45N3O4/c1-2-3-18-36-31(38)30(22-25-8-5-4-6-9-25)34-32(39)33(36)16-19-35(20-17-33)23-26-12-14-28(15-13-26)40-29-11-7-10-27(21-29)24-37/h7,10-15,21,25,30,37H,2-6,8-9,16-20,22-24H2,1H3,(H,34,39)/t30-/m0/s1. The van der Waals surface area contributed by atoms with Crippen LogP contribution in [0.25, 0.3) is 0 Å². The van der Waals surface area contributed by atoms with Crippen LogP contribution in [0.2, 0.25) is 0 Å². The summed E-state index contributed by atoms with van der Waals surface area (Å²) in [6, 6.07) is 15.2. The fourth-order valence-electron chi connectivity index (χ4n) is 6.77. The number of ether oxygens (including phenoxy) is 1. The first-order valence-electron chi connectivity index (χ1n) is 15.3. The van der Waals surface area contributed by atoms with Crippen LogP contribution in [0, 0.1) is 5.92 Å². The van der Waals surface area contributed by atoms with Gasteiger partial charge in [-0.15, -0.1) is 0 Å². The lowest BCUT2D eigenvalue weighted by Gasteiger charge is -2.52. The zero-order valence-electron chi connectivity index (χ0n) is 23.9. The average molecular weight is 548 g/mol. The number of nitrogens with zero attached hydrogens (tertiary/aromatic N) is 2. The Labute approximate surface area is 238 Å². The molecule has 216 valence electrons. The summed E-state index contributed by atoms with van der Waals surface area (Å²) in [5.41, 5.74) is 1.29. The first kappa shape index (κ1) is 28.6. The molecule has 2 aliphatic heterocycles. The van der Waals surface area contributed by atoms with Crippen molar-refractivity contribution < 1.29 is 19.4 Å². The summed E-state index contributed by atoms with van der Waals surface area (Å²) in [4.78, 5) is 31.8. The molecular weight excluding hydrogens is 502 g/mol. The van der Waals surface area contributed by atoms with E-state index < -0.39 is 5.54 Å². The molecule has 1 aliphatic carbocycles. The third kappa shape index (κ3) is 6.52. The van der Waals surface area contributed by atoms with Crippen molar-refractivity contribution in [1.29, 1.82) is 0 Å².